The Morgan fingerprint density at radius 2 is 1.96 bits per heavy atom. The maximum Gasteiger partial charge on any atom is 0.244 e. The van der Waals surface area contributed by atoms with Crippen molar-refractivity contribution in [3.05, 3.63) is 40.9 Å². The van der Waals surface area contributed by atoms with Gasteiger partial charge in [-0.1, -0.05) is 29.5 Å². The highest BCUT2D eigenvalue weighted by molar-refractivity contribution is 7.89. The number of anilines is 1. The maximum absolute atomic E-state index is 12.9. The predicted molar refractivity (Wildman–Crippen MR) is 101 cm³/mol. The molecule has 27 heavy (non-hydrogen) atoms. The van der Waals surface area contributed by atoms with E-state index in [1.54, 1.807) is 18.2 Å². The van der Waals surface area contributed by atoms with Crippen LogP contribution < -0.4 is 5.32 Å². The summed E-state index contributed by atoms with van der Waals surface area (Å²) in [6.07, 6.45) is 3.09. The number of ketones is 1. The van der Waals surface area contributed by atoms with Gasteiger partial charge in [-0.3, -0.25) is 9.59 Å². The first-order valence-corrected chi connectivity index (χ1v) is 11.1. The number of aromatic nitrogens is 1. The van der Waals surface area contributed by atoms with Gasteiger partial charge in [0.25, 0.3) is 0 Å². The van der Waals surface area contributed by atoms with Crippen LogP contribution in [0.2, 0.25) is 0 Å². The highest BCUT2D eigenvalue weighted by Gasteiger charge is 2.39. The third-order valence-electron chi connectivity index (χ3n) is 4.85. The van der Waals surface area contributed by atoms with E-state index in [1.165, 1.54) is 27.8 Å². The zero-order chi connectivity index (χ0) is 19.0. The van der Waals surface area contributed by atoms with Crippen molar-refractivity contribution in [2.45, 2.75) is 43.0 Å². The molecule has 0 saturated carbocycles. The van der Waals surface area contributed by atoms with Crippen molar-refractivity contribution in [1.82, 2.24) is 9.29 Å². The summed E-state index contributed by atoms with van der Waals surface area (Å²) in [6.45, 7) is 0.308. The summed E-state index contributed by atoms with van der Waals surface area (Å²) in [6, 6.07) is 7.36. The Labute approximate surface area is 161 Å². The number of amides is 1. The van der Waals surface area contributed by atoms with Gasteiger partial charge in [-0.25, -0.2) is 13.4 Å². The van der Waals surface area contributed by atoms with Gasteiger partial charge in [-0.15, -0.1) is 0 Å². The molecule has 2 aromatic rings. The van der Waals surface area contributed by atoms with Crippen LogP contribution in [-0.2, 0) is 21.2 Å². The van der Waals surface area contributed by atoms with E-state index in [0.717, 1.165) is 18.5 Å². The van der Waals surface area contributed by atoms with Gasteiger partial charge >= 0.3 is 0 Å². The average Bonchev–Trinajstić information content (AvgIpc) is 3.30. The molecule has 1 unspecified atom stereocenters. The van der Waals surface area contributed by atoms with Gasteiger partial charge in [0.05, 0.1) is 15.5 Å². The number of sulfonamides is 1. The van der Waals surface area contributed by atoms with Crippen molar-refractivity contribution in [2.75, 3.05) is 11.9 Å². The molecule has 1 fully saturated rings. The molecule has 0 spiro atoms. The van der Waals surface area contributed by atoms with Crippen molar-refractivity contribution in [3.63, 3.8) is 0 Å². The molecular weight excluding hydrogens is 386 g/mol. The summed E-state index contributed by atoms with van der Waals surface area (Å²) < 4.78 is 27.0. The van der Waals surface area contributed by atoms with Gasteiger partial charge in [0.2, 0.25) is 15.9 Å². The lowest BCUT2D eigenvalue weighted by Crippen LogP contribution is -2.43. The van der Waals surface area contributed by atoms with E-state index in [9.17, 15) is 18.0 Å². The number of carbonyl (C=O) groups is 2. The molecular formula is C18H19N3O4S2. The van der Waals surface area contributed by atoms with Crippen molar-refractivity contribution in [3.8, 4) is 0 Å². The van der Waals surface area contributed by atoms with Gasteiger partial charge in [-0.05, 0) is 37.8 Å². The smallest absolute Gasteiger partial charge is 0.244 e. The number of Topliss-reactive ketones (excluding diaryl/α,β-unsaturated/α-hetero) is 1. The number of rotatable bonds is 4. The lowest BCUT2D eigenvalue weighted by atomic mass is 10.0. The minimum Gasteiger partial charge on any atom is -0.301 e. The highest BCUT2D eigenvalue weighted by atomic mass is 32.2. The second-order valence-corrected chi connectivity index (χ2v) is 9.54. The van der Waals surface area contributed by atoms with E-state index >= 15 is 0 Å². The Kier molecular flexibility index (Phi) is 4.83. The van der Waals surface area contributed by atoms with Gasteiger partial charge < -0.3 is 5.32 Å². The fourth-order valence-electron chi connectivity index (χ4n) is 3.53. The number of benzene rings is 1. The van der Waals surface area contributed by atoms with E-state index in [4.69, 9.17) is 0 Å². The lowest BCUT2D eigenvalue weighted by molar-refractivity contribution is -0.119. The van der Waals surface area contributed by atoms with E-state index < -0.39 is 22.0 Å². The molecule has 1 aromatic carbocycles. The molecule has 142 valence electrons. The second kappa shape index (κ2) is 7.14. The summed E-state index contributed by atoms with van der Waals surface area (Å²) in [5.41, 5.74) is 0.728. The number of nitrogens with one attached hydrogen (secondary N) is 1. The van der Waals surface area contributed by atoms with Crippen LogP contribution >= 0.6 is 11.3 Å². The lowest BCUT2D eigenvalue weighted by Gasteiger charge is -2.23. The van der Waals surface area contributed by atoms with Crippen LogP contribution in [0.4, 0.5) is 5.13 Å². The quantitative estimate of drug-likeness (QED) is 0.843. The Morgan fingerprint density at radius 3 is 2.70 bits per heavy atom. The van der Waals surface area contributed by atoms with Gasteiger partial charge in [0, 0.05) is 13.0 Å². The first-order valence-electron chi connectivity index (χ1n) is 8.87. The molecule has 1 N–H and O–H groups in total. The third-order valence-corrected chi connectivity index (χ3v) is 7.83. The number of fused-ring (bicyclic) bond motifs is 1. The first-order chi connectivity index (χ1) is 13.0. The number of hydrogen-bond donors (Lipinski definition) is 1. The molecule has 9 heteroatoms. The van der Waals surface area contributed by atoms with Crippen LogP contribution in [-0.4, -0.2) is 42.0 Å². The molecule has 1 aromatic heterocycles. The normalized spacial score (nSPS) is 20.4. The summed E-state index contributed by atoms with van der Waals surface area (Å²) in [5.74, 6) is -0.339. The highest BCUT2D eigenvalue weighted by Crippen LogP contribution is 2.31. The molecule has 1 amide bonds. The molecule has 4 rings (SSSR count). The average molecular weight is 406 g/mol. The molecule has 1 atom stereocenters. The minimum atomic E-state index is -3.73. The Hall–Kier alpha value is -2.10. The SMILES string of the molecule is O=C1CCCc2nc(NC(=O)C3CCCN3S(=O)(=O)c3ccccc3)sc21. The standard InChI is InChI=1S/C18H19N3O4S2/c22-15-10-4-8-13-16(15)26-18(19-13)20-17(23)14-9-5-11-21(14)27(24,25)12-6-2-1-3-7-12/h1-3,6-7,14H,4-5,8-11H2,(H,19,20,23). The number of thiazole rings is 1. The zero-order valence-corrected chi connectivity index (χ0v) is 16.2. The minimum absolute atomic E-state index is 0.0587. The molecule has 2 heterocycles. The predicted octanol–water partition coefficient (Wildman–Crippen LogP) is 2.45. The van der Waals surface area contributed by atoms with Crippen molar-refractivity contribution >= 4 is 38.2 Å². The topological polar surface area (TPSA) is 96.4 Å². The zero-order valence-electron chi connectivity index (χ0n) is 14.6. The van der Waals surface area contributed by atoms with Crippen LogP contribution in [0.5, 0.6) is 0 Å². The molecule has 2 aliphatic rings. The number of hydrogen-bond acceptors (Lipinski definition) is 6. The van der Waals surface area contributed by atoms with Crippen LogP contribution in [0.15, 0.2) is 35.2 Å². The Morgan fingerprint density at radius 1 is 1.19 bits per heavy atom. The summed E-state index contributed by atoms with van der Waals surface area (Å²) >= 11 is 1.18. The fourth-order valence-corrected chi connectivity index (χ4v) is 6.19. The number of nitrogens with zero attached hydrogens (tertiary/aromatic N) is 2. The molecule has 0 radical (unpaired) electrons. The van der Waals surface area contributed by atoms with Crippen LogP contribution in [0.1, 0.15) is 41.0 Å². The van der Waals surface area contributed by atoms with Crippen molar-refractivity contribution in [1.29, 1.82) is 0 Å². The Balaban J connectivity index is 1.54. The van der Waals surface area contributed by atoms with Crippen LogP contribution in [0.3, 0.4) is 0 Å². The fraction of sp³-hybridized carbons (Fsp3) is 0.389. The molecule has 1 saturated heterocycles. The molecule has 7 nitrogen and oxygen atoms in total. The van der Waals surface area contributed by atoms with Gasteiger partial charge in [0.15, 0.2) is 10.9 Å². The Bertz CT molecular complexity index is 985. The van der Waals surface area contributed by atoms with E-state index in [0.29, 0.717) is 35.8 Å². The number of aryl methyl sites for hydroxylation is 1. The largest absolute Gasteiger partial charge is 0.301 e. The van der Waals surface area contributed by atoms with Gasteiger partial charge in [0.1, 0.15) is 6.04 Å². The summed E-state index contributed by atoms with van der Waals surface area (Å²) in [5, 5.41) is 3.09. The third kappa shape index (κ3) is 3.42. The monoisotopic (exact) mass is 405 g/mol. The van der Waals surface area contributed by atoms with Crippen molar-refractivity contribution in [2.24, 2.45) is 0 Å². The molecule has 0 bridgehead atoms. The van der Waals surface area contributed by atoms with Crippen LogP contribution in [0.25, 0.3) is 0 Å². The van der Waals surface area contributed by atoms with Gasteiger partial charge in [-0.2, -0.15) is 4.31 Å². The second-order valence-electron chi connectivity index (χ2n) is 6.65. The number of carbonyl (C=O) groups excluding carboxylic acids is 2. The molecule has 1 aliphatic heterocycles. The first kappa shape index (κ1) is 18.3. The summed E-state index contributed by atoms with van der Waals surface area (Å²) in [4.78, 5) is 29.9. The van der Waals surface area contributed by atoms with Crippen LogP contribution in [0, 0.1) is 0 Å². The van der Waals surface area contributed by atoms with E-state index in [1.807, 2.05) is 0 Å². The van der Waals surface area contributed by atoms with E-state index in [-0.39, 0.29) is 10.7 Å². The van der Waals surface area contributed by atoms with Crippen molar-refractivity contribution < 1.29 is 18.0 Å². The summed E-state index contributed by atoms with van der Waals surface area (Å²) in [7, 11) is -3.73. The molecule has 1 aliphatic carbocycles. The maximum atomic E-state index is 12.9. The van der Waals surface area contributed by atoms with E-state index in [2.05, 4.69) is 10.3 Å².